The fourth-order valence-electron chi connectivity index (χ4n) is 5.62. The van der Waals surface area contributed by atoms with Crippen LogP contribution in [0.2, 0.25) is 0 Å². The van der Waals surface area contributed by atoms with E-state index in [0.29, 0.717) is 13.2 Å². The molecule has 0 spiro atoms. The van der Waals surface area contributed by atoms with Crippen molar-refractivity contribution < 1.29 is 13.6 Å². The summed E-state index contributed by atoms with van der Waals surface area (Å²) in [6.45, 7) is 5.73. The average Bonchev–Trinajstić information content (AvgIpc) is 2.96. The van der Waals surface area contributed by atoms with E-state index in [1.807, 2.05) is 0 Å². The summed E-state index contributed by atoms with van der Waals surface area (Å²) in [5, 5.41) is 0. The minimum Gasteiger partial charge on any atom is -0.119 e. The van der Waals surface area contributed by atoms with Gasteiger partial charge in [0.25, 0.3) is 0 Å². The molecule has 41 heavy (non-hydrogen) atoms. The molecule has 0 fully saturated rings. The summed E-state index contributed by atoms with van der Waals surface area (Å²) in [6, 6.07) is 0. The van der Waals surface area contributed by atoms with Crippen molar-refractivity contribution in [3.05, 3.63) is 0 Å². The van der Waals surface area contributed by atoms with E-state index in [2.05, 4.69) is 13.8 Å². The first-order valence-corrected chi connectivity index (χ1v) is 19.6. The molecule has 0 saturated heterocycles. The van der Waals surface area contributed by atoms with Crippen molar-refractivity contribution in [3.8, 4) is 0 Å². The molecule has 0 aliphatic carbocycles. The zero-order chi connectivity index (χ0) is 29.0. The second kappa shape index (κ2) is 41.0. The number of hydrogen-bond donors (Lipinski definition) is 0. The van der Waals surface area contributed by atoms with Gasteiger partial charge in [-0.3, -0.25) is 0 Å². The van der Waals surface area contributed by atoms with Crippen LogP contribution in [0.3, 0.4) is 0 Å². The summed E-state index contributed by atoms with van der Waals surface area (Å²) in [5.74, 6) is 0. The molecule has 241 valence electrons. The maximum absolute atomic E-state index is 11.9. The third kappa shape index (κ3) is 41.0. The van der Waals surface area contributed by atoms with Gasteiger partial charge in [0.2, 0.25) is 0 Å². The normalized spacial score (nSPS) is 11.2. The first-order valence-electron chi connectivity index (χ1n) is 18.5. The van der Waals surface area contributed by atoms with Crippen LogP contribution >= 0.6 is 8.25 Å². The minimum atomic E-state index is -1.92. The molecule has 0 aromatic carbocycles. The van der Waals surface area contributed by atoms with E-state index in [0.717, 1.165) is 12.8 Å². The van der Waals surface area contributed by atoms with Crippen LogP contribution < -0.4 is 0 Å². The first kappa shape index (κ1) is 44.1. The number of unbranched alkanes of at least 4 members (excludes halogenated alkanes) is 30. The second-order valence-electron chi connectivity index (χ2n) is 12.5. The Balaban J connectivity index is 0. The second-order valence-corrected chi connectivity index (χ2v) is 13.5. The molecule has 5 heteroatoms. The Bertz CT molecular complexity index is 438. The molecule has 0 atom stereocenters. The molecule has 0 bridgehead atoms. The molecule has 0 N–H and O–H groups in total. The fourth-order valence-corrected chi connectivity index (χ4v) is 6.25. The van der Waals surface area contributed by atoms with Gasteiger partial charge in [0.05, 0.1) is 0 Å². The number of rotatable bonds is 36. The van der Waals surface area contributed by atoms with E-state index in [9.17, 15) is 4.57 Å². The van der Waals surface area contributed by atoms with Crippen LogP contribution in [0, 0.1) is 0 Å². The van der Waals surface area contributed by atoms with Gasteiger partial charge in [-0.2, -0.15) is 0 Å². The van der Waals surface area contributed by atoms with Gasteiger partial charge in [-0.1, -0.05) is 206 Å². The monoisotopic (exact) mass is 609 g/mol. The Labute approximate surface area is 282 Å². The Kier molecular flexibility index (Phi) is 44.2. The molecule has 0 unspecified atom stereocenters. The summed E-state index contributed by atoms with van der Waals surface area (Å²) >= 11 is 0. The topological polar surface area (TPSA) is 35.5 Å². The fraction of sp³-hybridized carbons (Fsp3) is 1.00. The van der Waals surface area contributed by atoms with Crippen LogP contribution in [0.15, 0.2) is 0 Å². The summed E-state index contributed by atoms with van der Waals surface area (Å²) < 4.78 is 22.6. The summed E-state index contributed by atoms with van der Waals surface area (Å²) in [7, 11) is -1.92. The van der Waals surface area contributed by atoms with E-state index in [-0.39, 0.29) is 29.6 Å². The molecule has 0 aromatic rings. The van der Waals surface area contributed by atoms with Gasteiger partial charge in [-0.05, 0) is 12.8 Å². The molecule has 0 saturated carbocycles. The molecule has 0 amide bonds. The first-order chi connectivity index (χ1) is 19.8. The van der Waals surface area contributed by atoms with E-state index in [4.69, 9.17) is 9.05 Å². The SMILES string of the molecule is CCCCCCCCCCCCCCCCCCO[P+](=O)OCCCCCCCCCCCCCCCCCC.[Na]. The van der Waals surface area contributed by atoms with Crippen molar-refractivity contribution in [2.24, 2.45) is 0 Å². The Morgan fingerprint density at radius 2 is 0.488 bits per heavy atom. The van der Waals surface area contributed by atoms with Crippen LogP contribution in [0.5, 0.6) is 0 Å². The summed E-state index contributed by atoms with van der Waals surface area (Å²) in [5.41, 5.74) is 0. The predicted octanol–water partition coefficient (Wildman–Crippen LogP) is 13.8. The smallest absolute Gasteiger partial charge is 0.119 e. The maximum Gasteiger partial charge on any atom is 0.697 e. The largest absolute Gasteiger partial charge is 0.697 e. The van der Waals surface area contributed by atoms with Gasteiger partial charge in [0, 0.05) is 34.1 Å². The van der Waals surface area contributed by atoms with Gasteiger partial charge in [-0.15, -0.1) is 9.05 Å². The van der Waals surface area contributed by atoms with Crippen molar-refractivity contribution in [1.82, 2.24) is 0 Å². The Hall–Kier alpha value is 1.02. The van der Waals surface area contributed by atoms with Gasteiger partial charge in [0.1, 0.15) is 13.2 Å². The van der Waals surface area contributed by atoms with E-state index < -0.39 is 8.25 Å². The molecule has 0 heterocycles. The van der Waals surface area contributed by atoms with Crippen molar-refractivity contribution in [3.63, 3.8) is 0 Å². The molecule has 3 nitrogen and oxygen atoms in total. The molecule has 0 aliphatic rings. The molecular formula is C36H74NaO3P+. The van der Waals surface area contributed by atoms with Gasteiger partial charge >= 0.3 is 8.25 Å². The molecule has 0 rings (SSSR count). The number of hydrogen-bond acceptors (Lipinski definition) is 3. The predicted molar refractivity (Wildman–Crippen MR) is 184 cm³/mol. The van der Waals surface area contributed by atoms with E-state index in [1.165, 1.54) is 193 Å². The van der Waals surface area contributed by atoms with Gasteiger partial charge < -0.3 is 0 Å². The third-order valence-electron chi connectivity index (χ3n) is 8.39. The zero-order valence-electron chi connectivity index (χ0n) is 28.7. The average molecular weight is 609 g/mol. The Morgan fingerprint density at radius 1 is 0.317 bits per heavy atom. The standard InChI is InChI=1S/C36H74O3P.Na/c1-3-5-7-9-11-13-15-17-19-21-23-25-27-29-31-33-35-38-40(37)39-36-34-32-30-28-26-24-22-20-18-16-14-12-10-8-6-4-2;/h3-36H2,1-2H3;/q+1;. The van der Waals surface area contributed by atoms with Crippen molar-refractivity contribution in [1.29, 1.82) is 0 Å². The van der Waals surface area contributed by atoms with Crippen molar-refractivity contribution in [2.45, 2.75) is 219 Å². The van der Waals surface area contributed by atoms with Crippen LogP contribution in [0.25, 0.3) is 0 Å². The van der Waals surface area contributed by atoms with Gasteiger partial charge in [-0.25, -0.2) is 0 Å². The third-order valence-corrected chi connectivity index (χ3v) is 9.18. The van der Waals surface area contributed by atoms with Crippen LogP contribution in [0.1, 0.15) is 219 Å². The van der Waals surface area contributed by atoms with Crippen LogP contribution in [-0.4, -0.2) is 42.8 Å². The van der Waals surface area contributed by atoms with Crippen LogP contribution in [0.4, 0.5) is 0 Å². The molecule has 0 aliphatic heterocycles. The van der Waals surface area contributed by atoms with E-state index >= 15 is 0 Å². The zero-order valence-corrected chi connectivity index (χ0v) is 31.6. The maximum atomic E-state index is 11.9. The molecule has 0 aromatic heterocycles. The van der Waals surface area contributed by atoms with Gasteiger partial charge in [0.15, 0.2) is 0 Å². The van der Waals surface area contributed by atoms with E-state index in [1.54, 1.807) is 0 Å². The quantitative estimate of drug-likeness (QED) is 0.0403. The molecule has 1 radical (unpaired) electrons. The summed E-state index contributed by atoms with van der Waals surface area (Å²) in [4.78, 5) is 0. The Morgan fingerprint density at radius 3 is 0.683 bits per heavy atom. The van der Waals surface area contributed by atoms with Crippen molar-refractivity contribution >= 4 is 37.8 Å². The summed E-state index contributed by atoms with van der Waals surface area (Å²) in [6.07, 6.45) is 43.6. The molecular weight excluding hydrogens is 534 g/mol. The van der Waals surface area contributed by atoms with Crippen LogP contribution in [-0.2, 0) is 13.6 Å². The van der Waals surface area contributed by atoms with Crippen molar-refractivity contribution in [2.75, 3.05) is 13.2 Å². The minimum absolute atomic E-state index is 0.